The zero-order valence-corrected chi connectivity index (χ0v) is 12.7. The molecular formula is C18H13ClN2O. The second kappa shape index (κ2) is 4.86. The van der Waals surface area contributed by atoms with Crippen molar-refractivity contribution in [2.75, 3.05) is 11.4 Å². The summed E-state index contributed by atoms with van der Waals surface area (Å²) in [6.07, 6.45) is 2.50. The fourth-order valence-corrected chi connectivity index (χ4v) is 3.65. The van der Waals surface area contributed by atoms with Gasteiger partial charge < -0.3 is 4.90 Å². The summed E-state index contributed by atoms with van der Waals surface area (Å²) >= 11 is 6.14. The first-order valence-corrected chi connectivity index (χ1v) is 7.71. The average molecular weight is 309 g/mol. The van der Waals surface area contributed by atoms with Crippen LogP contribution >= 0.6 is 11.6 Å². The molecule has 2 heterocycles. The first-order chi connectivity index (χ1) is 10.7. The molecule has 0 saturated heterocycles. The average Bonchev–Trinajstić information content (AvgIpc) is 2.85. The number of benzene rings is 2. The van der Waals surface area contributed by atoms with E-state index in [1.165, 1.54) is 5.56 Å². The van der Waals surface area contributed by atoms with Gasteiger partial charge in [-0.25, -0.2) is 0 Å². The van der Waals surface area contributed by atoms with Gasteiger partial charge in [-0.1, -0.05) is 17.7 Å². The van der Waals surface area contributed by atoms with Crippen molar-refractivity contribution in [1.29, 1.82) is 5.26 Å². The van der Waals surface area contributed by atoms with Crippen LogP contribution in [0.1, 0.15) is 23.1 Å². The summed E-state index contributed by atoms with van der Waals surface area (Å²) in [5.74, 6) is 0.200. The van der Waals surface area contributed by atoms with Crippen molar-refractivity contribution < 1.29 is 4.79 Å². The quantitative estimate of drug-likeness (QED) is 0.806. The molecule has 0 saturated carbocycles. The SMILES string of the molecule is N#Cc1ccc(-c2cc3c4c(c2)CC(=O)N4CCC3)cc1Cl. The number of aryl methyl sites for hydroxylation is 1. The van der Waals surface area contributed by atoms with E-state index in [4.69, 9.17) is 16.9 Å². The van der Waals surface area contributed by atoms with Crippen LogP contribution in [0, 0.1) is 11.3 Å². The molecule has 0 N–H and O–H groups in total. The normalized spacial score (nSPS) is 15.6. The molecule has 0 atom stereocenters. The minimum Gasteiger partial charge on any atom is -0.312 e. The number of carbonyl (C=O) groups is 1. The summed E-state index contributed by atoms with van der Waals surface area (Å²) in [5.41, 5.74) is 6.01. The van der Waals surface area contributed by atoms with Gasteiger partial charge in [0.1, 0.15) is 6.07 Å². The fraction of sp³-hybridized carbons (Fsp3) is 0.222. The summed E-state index contributed by atoms with van der Waals surface area (Å²) in [5, 5.41) is 9.44. The molecule has 2 aromatic carbocycles. The molecule has 108 valence electrons. The number of carbonyl (C=O) groups excluding carboxylic acids is 1. The van der Waals surface area contributed by atoms with Crippen molar-refractivity contribution in [3.63, 3.8) is 0 Å². The van der Waals surface area contributed by atoms with Crippen LogP contribution in [0.3, 0.4) is 0 Å². The highest BCUT2D eigenvalue weighted by Crippen LogP contribution is 2.40. The van der Waals surface area contributed by atoms with E-state index in [-0.39, 0.29) is 5.91 Å². The Kier molecular flexibility index (Phi) is 2.95. The molecule has 3 nitrogen and oxygen atoms in total. The predicted octanol–water partition coefficient (Wildman–Crippen LogP) is 3.71. The third-order valence-corrected chi connectivity index (χ3v) is 4.74. The Hall–Kier alpha value is -2.31. The van der Waals surface area contributed by atoms with Crippen molar-refractivity contribution in [3.8, 4) is 17.2 Å². The minimum absolute atomic E-state index is 0.200. The standard InChI is InChI=1S/C18H13ClN2O/c19-16-8-11(3-4-13(16)10-20)14-6-12-2-1-5-21-17(22)9-15(7-14)18(12)21/h3-4,6-8H,1-2,5,9H2. The van der Waals surface area contributed by atoms with E-state index >= 15 is 0 Å². The van der Waals surface area contributed by atoms with Crippen LogP contribution in [0.5, 0.6) is 0 Å². The highest BCUT2D eigenvalue weighted by molar-refractivity contribution is 6.32. The lowest BCUT2D eigenvalue weighted by atomic mass is 9.93. The fourth-order valence-electron chi connectivity index (χ4n) is 3.43. The van der Waals surface area contributed by atoms with E-state index in [1.54, 1.807) is 6.07 Å². The maximum Gasteiger partial charge on any atom is 0.231 e. The third kappa shape index (κ3) is 1.92. The van der Waals surface area contributed by atoms with Gasteiger partial charge in [-0.3, -0.25) is 4.79 Å². The maximum atomic E-state index is 12.1. The van der Waals surface area contributed by atoms with Crippen LogP contribution in [-0.2, 0) is 17.6 Å². The Bertz CT molecular complexity index is 851. The van der Waals surface area contributed by atoms with Gasteiger partial charge in [0.05, 0.1) is 22.7 Å². The van der Waals surface area contributed by atoms with Gasteiger partial charge in [0.25, 0.3) is 0 Å². The van der Waals surface area contributed by atoms with Crippen LogP contribution in [0.15, 0.2) is 30.3 Å². The van der Waals surface area contributed by atoms with E-state index in [2.05, 4.69) is 18.2 Å². The third-order valence-electron chi connectivity index (χ3n) is 4.43. The second-order valence-electron chi connectivity index (χ2n) is 5.78. The summed E-state index contributed by atoms with van der Waals surface area (Å²) in [4.78, 5) is 14.0. The first-order valence-electron chi connectivity index (χ1n) is 7.33. The molecule has 4 rings (SSSR count). The Morgan fingerprint density at radius 3 is 2.73 bits per heavy atom. The van der Waals surface area contributed by atoms with Crippen LogP contribution < -0.4 is 4.90 Å². The molecule has 0 bridgehead atoms. The molecule has 0 unspecified atom stereocenters. The van der Waals surface area contributed by atoms with Crippen molar-refractivity contribution in [2.24, 2.45) is 0 Å². The highest BCUT2D eigenvalue weighted by atomic mass is 35.5. The number of anilines is 1. The molecule has 2 aliphatic heterocycles. The molecule has 2 aromatic rings. The predicted molar refractivity (Wildman–Crippen MR) is 86.0 cm³/mol. The molecule has 0 spiro atoms. The zero-order valence-electron chi connectivity index (χ0n) is 11.9. The molecule has 0 aromatic heterocycles. The molecule has 22 heavy (non-hydrogen) atoms. The summed E-state index contributed by atoms with van der Waals surface area (Å²) in [6, 6.07) is 11.8. The summed E-state index contributed by atoms with van der Waals surface area (Å²) in [7, 11) is 0. The smallest absolute Gasteiger partial charge is 0.231 e. The monoisotopic (exact) mass is 308 g/mol. The van der Waals surface area contributed by atoms with Gasteiger partial charge in [-0.15, -0.1) is 0 Å². The van der Waals surface area contributed by atoms with Gasteiger partial charge >= 0.3 is 0 Å². The Morgan fingerprint density at radius 1 is 1.14 bits per heavy atom. The molecule has 2 aliphatic rings. The number of nitrogens with zero attached hydrogens (tertiary/aromatic N) is 2. The lowest BCUT2D eigenvalue weighted by Crippen LogP contribution is -2.31. The second-order valence-corrected chi connectivity index (χ2v) is 6.18. The minimum atomic E-state index is 0.200. The number of hydrogen-bond acceptors (Lipinski definition) is 2. The Balaban J connectivity index is 1.85. The molecule has 0 radical (unpaired) electrons. The van der Waals surface area contributed by atoms with E-state index in [1.807, 2.05) is 17.0 Å². The molecular weight excluding hydrogens is 296 g/mol. The molecule has 0 fully saturated rings. The van der Waals surface area contributed by atoms with Crippen LogP contribution in [0.25, 0.3) is 11.1 Å². The molecule has 0 aliphatic carbocycles. The Labute approximate surface area is 133 Å². The van der Waals surface area contributed by atoms with Crippen molar-refractivity contribution in [1.82, 2.24) is 0 Å². The lowest BCUT2D eigenvalue weighted by molar-refractivity contribution is -0.117. The zero-order chi connectivity index (χ0) is 15.3. The summed E-state index contributed by atoms with van der Waals surface area (Å²) in [6.45, 7) is 0.834. The van der Waals surface area contributed by atoms with Crippen LogP contribution in [0.2, 0.25) is 5.02 Å². The van der Waals surface area contributed by atoms with Crippen LogP contribution in [-0.4, -0.2) is 12.5 Å². The van der Waals surface area contributed by atoms with E-state index in [0.29, 0.717) is 17.0 Å². The van der Waals surface area contributed by atoms with Gasteiger partial charge in [0.2, 0.25) is 5.91 Å². The number of hydrogen-bond donors (Lipinski definition) is 0. The van der Waals surface area contributed by atoms with E-state index < -0.39 is 0 Å². The van der Waals surface area contributed by atoms with E-state index in [9.17, 15) is 4.79 Å². The molecule has 1 amide bonds. The maximum absolute atomic E-state index is 12.1. The van der Waals surface area contributed by atoms with Gasteiger partial charge in [0.15, 0.2) is 0 Å². The van der Waals surface area contributed by atoms with Crippen LogP contribution in [0.4, 0.5) is 5.69 Å². The number of halogens is 1. The lowest BCUT2D eigenvalue weighted by Gasteiger charge is -2.26. The number of rotatable bonds is 1. The number of nitriles is 1. The highest BCUT2D eigenvalue weighted by Gasteiger charge is 2.32. The van der Waals surface area contributed by atoms with Crippen molar-refractivity contribution >= 4 is 23.2 Å². The first kappa shape index (κ1) is 13.4. The van der Waals surface area contributed by atoms with E-state index in [0.717, 1.165) is 41.8 Å². The van der Waals surface area contributed by atoms with Gasteiger partial charge in [-0.2, -0.15) is 5.26 Å². The number of amides is 1. The van der Waals surface area contributed by atoms with Crippen molar-refractivity contribution in [3.05, 3.63) is 52.0 Å². The van der Waals surface area contributed by atoms with Crippen molar-refractivity contribution in [2.45, 2.75) is 19.3 Å². The Morgan fingerprint density at radius 2 is 1.95 bits per heavy atom. The topological polar surface area (TPSA) is 44.1 Å². The van der Waals surface area contributed by atoms with Gasteiger partial charge in [0, 0.05) is 6.54 Å². The van der Waals surface area contributed by atoms with Gasteiger partial charge in [-0.05, 0) is 59.4 Å². The molecule has 4 heteroatoms. The summed E-state index contributed by atoms with van der Waals surface area (Å²) < 4.78 is 0. The largest absolute Gasteiger partial charge is 0.312 e.